The lowest BCUT2D eigenvalue weighted by atomic mass is 10.1. The van der Waals surface area contributed by atoms with Gasteiger partial charge in [0.1, 0.15) is 0 Å². The first kappa shape index (κ1) is 10.7. The Kier molecular flexibility index (Phi) is 3.77. The minimum absolute atomic E-state index is 0.425. The molecular weight excluding hydrogens is 190 g/mol. The molecule has 1 aliphatic heterocycles. The molecule has 1 fully saturated rings. The van der Waals surface area contributed by atoms with E-state index in [0.717, 1.165) is 39.3 Å². The normalized spacial score (nSPS) is 20.3. The second-order valence-electron chi connectivity index (χ2n) is 3.87. The molecule has 1 aliphatic rings. The van der Waals surface area contributed by atoms with Crippen molar-refractivity contribution in [1.82, 2.24) is 9.88 Å². The fraction of sp³-hybridized carbons (Fsp3) is 0.636. The third kappa shape index (κ3) is 2.59. The molecule has 2 rings (SSSR count). The van der Waals surface area contributed by atoms with Crippen molar-refractivity contribution in [3.8, 4) is 0 Å². The number of hydrogen-bond acceptors (Lipinski definition) is 3. The van der Waals surface area contributed by atoms with Crippen molar-refractivity contribution in [2.24, 2.45) is 5.73 Å². The van der Waals surface area contributed by atoms with Gasteiger partial charge in [-0.05, 0) is 25.1 Å². The lowest BCUT2D eigenvalue weighted by molar-refractivity contribution is 0.0139. The molecule has 0 amide bonds. The van der Waals surface area contributed by atoms with Gasteiger partial charge < -0.3 is 15.5 Å². The standard InChI is InChI=1S/C11H19N3O/c12-4-3-11(10-2-1-5-13-10)14-6-8-15-9-7-14/h1-2,5,11,13H,3-4,6-9,12H2. The zero-order chi connectivity index (χ0) is 10.5. The van der Waals surface area contributed by atoms with Crippen LogP contribution in [0.25, 0.3) is 0 Å². The summed E-state index contributed by atoms with van der Waals surface area (Å²) in [5.74, 6) is 0. The molecule has 0 bridgehead atoms. The SMILES string of the molecule is NCCC(c1ccc[nH]1)N1CCOCC1. The number of aromatic amines is 1. The molecule has 1 unspecified atom stereocenters. The van der Waals surface area contributed by atoms with Gasteiger partial charge in [-0.15, -0.1) is 0 Å². The van der Waals surface area contributed by atoms with Gasteiger partial charge in [0, 0.05) is 25.0 Å². The summed E-state index contributed by atoms with van der Waals surface area (Å²) in [6.45, 7) is 4.40. The van der Waals surface area contributed by atoms with Crippen LogP contribution in [0, 0.1) is 0 Å². The Balaban J connectivity index is 2.04. The molecule has 0 spiro atoms. The number of ether oxygens (including phenoxy) is 1. The third-order valence-corrected chi connectivity index (χ3v) is 2.91. The number of aromatic nitrogens is 1. The summed E-state index contributed by atoms with van der Waals surface area (Å²) in [5.41, 5.74) is 6.94. The number of nitrogens with zero attached hydrogens (tertiary/aromatic N) is 1. The Morgan fingerprint density at radius 3 is 2.87 bits per heavy atom. The Morgan fingerprint density at radius 1 is 1.47 bits per heavy atom. The van der Waals surface area contributed by atoms with Gasteiger partial charge in [0.25, 0.3) is 0 Å². The summed E-state index contributed by atoms with van der Waals surface area (Å²) in [4.78, 5) is 5.73. The van der Waals surface area contributed by atoms with Crippen LogP contribution in [0.2, 0.25) is 0 Å². The second kappa shape index (κ2) is 5.30. The molecule has 1 saturated heterocycles. The maximum absolute atomic E-state index is 5.67. The van der Waals surface area contributed by atoms with Gasteiger partial charge in [-0.1, -0.05) is 0 Å². The van der Waals surface area contributed by atoms with E-state index in [9.17, 15) is 0 Å². The van der Waals surface area contributed by atoms with Gasteiger partial charge in [-0.2, -0.15) is 0 Å². The molecule has 0 aromatic carbocycles. The molecule has 0 radical (unpaired) electrons. The van der Waals surface area contributed by atoms with E-state index in [1.54, 1.807) is 0 Å². The number of H-pyrrole nitrogens is 1. The summed E-state index contributed by atoms with van der Waals surface area (Å²) < 4.78 is 5.36. The molecule has 1 atom stereocenters. The third-order valence-electron chi connectivity index (χ3n) is 2.91. The highest BCUT2D eigenvalue weighted by atomic mass is 16.5. The summed E-state index contributed by atoms with van der Waals surface area (Å²) in [6.07, 6.45) is 2.97. The number of hydrogen-bond donors (Lipinski definition) is 2. The highest BCUT2D eigenvalue weighted by molar-refractivity contribution is 5.09. The lowest BCUT2D eigenvalue weighted by Gasteiger charge is -2.33. The fourth-order valence-electron chi connectivity index (χ4n) is 2.13. The quantitative estimate of drug-likeness (QED) is 0.769. The van der Waals surface area contributed by atoms with Crippen LogP contribution in [0.5, 0.6) is 0 Å². The van der Waals surface area contributed by atoms with E-state index in [-0.39, 0.29) is 0 Å². The van der Waals surface area contributed by atoms with Crippen LogP contribution >= 0.6 is 0 Å². The summed E-state index contributed by atoms with van der Waals surface area (Å²) in [5, 5.41) is 0. The molecule has 84 valence electrons. The van der Waals surface area contributed by atoms with Gasteiger partial charge in [0.05, 0.1) is 19.3 Å². The maximum atomic E-state index is 5.67. The van der Waals surface area contributed by atoms with Crippen LogP contribution in [0.3, 0.4) is 0 Å². The highest BCUT2D eigenvalue weighted by Crippen LogP contribution is 2.22. The molecule has 2 heterocycles. The lowest BCUT2D eigenvalue weighted by Crippen LogP contribution is -2.39. The monoisotopic (exact) mass is 209 g/mol. The molecule has 1 aromatic heterocycles. The van der Waals surface area contributed by atoms with Crippen LogP contribution in [0.4, 0.5) is 0 Å². The highest BCUT2D eigenvalue weighted by Gasteiger charge is 2.22. The van der Waals surface area contributed by atoms with Crippen molar-refractivity contribution < 1.29 is 4.74 Å². The zero-order valence-electron chi connectivity index (χ0n) is 8.98. The molecule has 4 nitrogen and oxygen atoms in total. The van der Waals surface area contributed by atoms with E-state index in [1.165, 1.54) is 5.69 Å². The van der Waals surface area contributed by atoms with Crippen LogP contribution in [0.1, 0.15) is 18.2 Å². The Morgan fingerprint density at radius 2 is 2.27 bits per heavy atom. The van der Waals surface area contributed by atoms with Crippen molar-refractivity contribution in [3.05, 3.63) is 24.0 Å². The Labute approximate surface area is 90.4 Å². The average Bonchev–Trinajstić information content (AvgIpc) is 2.80. The van der Waals surface area contributed by atoms with Gasteiger partial charge >= 0.3 is 0 Å². The topological polar surface area (TPSA) is 54.3 Å². The summed E-state index contributed by atoms with van der Waals surface area (Å²) >= 11 is 0. The zero-order valence-corrected chi connectivity index (χ0v) is 8.98. The van der Waals surface area contributed by atoms with E-state index in [2.05, 4.69) is 16.0 Å². The number of nitrogens with two attached hydrogens (primary N) is 1. The van der Waals surface area contributed by atoms with Gasteiger partial charge in [-0.25, -0.2) is 0 Å². The van der Waals surface area contributed by atoms with E-state index in [4.69, 9.17) is 10.5 Å². The van der Waals surface area contributed by atoms with Crippen molar-refractivity contribution in [2.75, 3.05) is 32.8 Å². The number of nitrogens with one attached hydrogen (secondary N) is 1. The van der Waals surface area contributed by atoms with Crippen LogP contribution < -0.4 is 5.73 Å². The molecule has 1 aromatic rings. The molecular formula is C11H19N3O. The number of rotatable bonds is 4. The summed E-state index contributed by atoms with van der Waals surface area (Å²) in [6, 6.07) is 4.60. The molecule has 15 heavy (non-hydrogen) atoms. The van der Waals surface area contributed by atoms with E-state index < -0.39 is 0 Å². The Bertz CT molecular complexity index is 267. The minimum Gasteiger partial charge on any atom is -0.379 e. The molecule has 3 N–H and O–H groups in total. The smallest absolute Gasteiger partial charge is 0.0594 e. The second-order valence-corrected chi connectivity index (χ2v) is 3.87. The molecule has 0 saturated carbocycles. The van der Waals surface area contributed by atoms with E-state index >= 15 is 0 Å². The van der Waals surface area contributed by atoms with Crippen molar-refractivity contribution in [1.29, 1.82) is 0 Å². The summed E-state index contributed by atoms with van der Waals surface area (Å²) in [7, 11) is 0. The predicted octanol–water partition coefficient (Wildman–Crippen LogP) is 0.737. The van der Waals surface area contributed by atoms with E-state index in [0.29, 0.717) is 6.04 Å². The first-order valence-corrected chi connectivity index (χ1v) is 5.57. The van der Waals surface area contributed by atoms with Gasteiger partial charge in [0.15, 0.2) is 0 Å². The molecule has 4 heteroatoms. The van der Waals surface area contributed by atoms with Gasteiger partial charge in [-0.3, -0.25) is 4.90 Å². The van der Waals surface area contributed by atoms with E-state index in [1.807, 2.05) is 12.3 Å². The predicted molar refractivity (Wildman–Crippen MR) is 59.6 cm³/mol. The minimum atomic E-state index is 0.425. The fourth-order valence-corrected chi connectivity index (χ4v) is 2.13. The van der Waals surface area contributed by atoms with Crippen molar-refractivity contribution in [3.63, 3.8) is 0 Å². The van der Waals surface area contributed by atoms with Crippen molar-refractivity contribution >= 4 is 0 Å². The molecule has 0 aliphatic carbocycles. The van der Waals surface area contributed by atoms with Crippen LogP contribution in [-0.2, 0) is 4.74 Å². The van der Waals surface area contributed by atoms with Gasteiger partial charge in [0.2, 0.25) is 0 Å². The largest absolute Gasteiger partial charge is 0.379 e. The first-order chi connectivity index (χ1) is 7.42. The first-order valence-electron chi connectivity index (χ1n) is 5.57. The Hall–Kier alpha value is -0.840. The van der Waals surface area contributed by atoms with Crippen LogP contribution in [-0.4, -0.2) is 42.7 Å². The maximum Gasteiger partial charge on any atom is 0.0594 e. The number of morpholine rings is 1. The average molecular weight is 209 g/mol. The van der Waals surface area contributed by atoms with Crippen molar-refractivity contribution in [2.45, 2.75) is 12.5 Å². The van der Waals surface area contributed by atoms with Crippen LogP contribution in [0.15, 0.2) is 18.3 Å².